The average Bonchev–Trinajstić information content (AvgIpc) is 3.52. The first-order valence-electron chi connectivity index (χ1n) is 12.4. The van der Waals surface area contributed by atoms with Gasteiger partial charge in [0.2, 0.25) is 5.88 Å². The van der Waals surface area contributed by atoms with Crippen LogP contribution in [0.1, 0.15) is 41.0 Å². The molecule has 6 rings (SSSR count). The summed E-state index contributed by atoms with van der Waals surface area (Å²) in [5, 5.41) is 10.0. The zero-order valence-corrected chi connectivity index (χ0v) is 20.5. The molecule has 2 heterocycles. The van der Waals surface area contributed by atoms with Crippen LogP contribution < -0.4 is 9.47 Å². The van der Waals surface area contributed by atoms with Crippen LogP contribution in [0.25, 0.3) is 11.1 Å². The summed E-state index contributed by atoms with van der Waals surface area (Å²) in [4.78, 5) is 4.21. The number of rotatable bonds is 8. The molecule has 1 aromatic heterocycles. The second-order valence-electron chi connectivity index (χ2n) is 10.4. The Balaban J connectivity index is 1.26. The molecule has 5 nitrogen and oxygen atoms in total. The summed E-state index contributed by atoms with van der Waals surface area (Å²) >= 11 is 0. The molecule has 39 heavy (non-hydrogen) atoms. The van der Waals surface area contributed by atoms with Gasteiger partial charge in [-0.3, -0.25) is 0 Å². The average molecular weight is 551 g/mol. The molecule has 2 aliphatic carbocycles. The van der Waals surface area contributed by atoms with E-state index < -0.39 is 52.5 Å². The Kier molecular flexibility index (Phi) is 6.26. The molecule has 2 atom stereocenters. The van der Waals surface area contributed by atoms with Crippen LogP contribution in [0, 0.1) is 23.4 Å². The fourth-order valence-electron chi connectivity index (χ4n) is 5.27. The highest BCUT2D eigenvalue weighted by Crippen LogP contribution is 2.56. The summed E-state index contributed by atoms with van der Waals surface area (Å²) in [6.45, 7) is -0.370. The molecule has 3 aromatic rings. The van der Waals surface area contributed by atoms with Crippen molar-refractivity contribution >= 4 is 0 Å². The van der Waals surface area contributed by atoms with E-state index in [2.05, 4.69) is 4.98 Å². The van der Waals surface area contributed by atoms with E-state index in [0.29, 0.717) is 11.8 Å². The molecule has 1 saturated heterocycles. The fourth-order valence-corrected chi connectivity index (χ4v) is 5.27. The number of ether oxygens (including phenoxy) is 3. The van der Waals surface area contributed by atoms with E-state index in [1.807, 2.05) is 0 Å². The minimum atomic E-state index is -5.09. The Labute approximate surface area is 219 Å². The molecule has 0 bridgehead atoms. The van der Waals surface area contributed by atoms with Gasteiger partial charge in [-0.2, -0.15) is 13.2 Å². The van der Waals surface area contributed by atoms with Gasteiger partial charge in [-0.05, 0) is 47.9 Å². The van der Waals surface area contributed by atoms with Crippen molar-refractivity contribution in [3.8, 4) is 22.8 Å². The largest absolute Gasteiger partial charge is 0.493 e. The van der Waals surface area contributed by atoms with Crippen LogP contribution in [-0.2, 0) is 23.9 Å². The molecule has 1 N–H and O–H groups in total. The van der Waals surface area contributed by atoms with Crippen LogP contribution in [-0.4, -0.2) is 35.5 Å². The SMILES string of the molecule is OC1(CCOc2cc(F)c(-c3cc(COc4cc5c(cn4)[C@@H]4CC4C5)c(F)cc3C(F)(F)F)c(F)c2)COC1. The molecule has 11 heteroatoms. The van der Waals surface area contributed by atoms with Crippen LogP contribution >= 0.6 is 0 Å². The Morgan fingerprint density at radius 3 is 2.41 bits per heavy atom. The lowest BCUT2D eigenvalue weighted by atomic mass is 9.95. The zero-order chi connectivity index (χ0) is 27.5. The van der Waals surface area contributed by atoms with Gasteiger partial charge in [0.25, 0.3) is 0 Å². The maximum absolute atomic E-state index is 15.1. The molecule has 3 aliphatic rings. The van der Waals surface area contributed by atoms with Crippen molar-refractivity contribution in [2.45, 2.75) is 43.6 Å². The quantitative estimate of drug-likeness (QED) is 0.351. The van der Waals surface area contributed by atoms with E-state index >= 15 is 8.78 Å². The maximum atomic E-state index is 15.1. The molecule has 0 radical (unpaired) electrons. The van der Waals surface area contributed by atoms with Crippen LogP contribution in [0.4, 0.5) is 26.3 Å². The molecular formula is C28H23F6NO4. The van der Waals surface area contributed by atoms with Crippen molar-refractivity contribution in [2.75, 3.05) is 19.8 Å². The number of aromatic nitrogens is 1. The number of alkyl halides is 3. The first-order chi connectivity index (χ1) is 18.5. The molecule has 1 aliphatic heterocycles. The van der Waals surface area contributed by atoms with E-state index in [4.69, 9.17) is 14.2 Å². The van der Waals surface area contributed by atoms with Gasteiger partial charge < -0.3 is 19.3 Å². The molecule has 0 amide bonds. The highest BCUT2D eigenvalue weighted by molar-refractivity contribution is 5.71. The van der Waals surface area contributed by atoms with Crippen molar-refractivity contribution in [2.24, 2.45) is 5.92 Å². The zero-order valence-electron chi connectivity index (χ0n) is 20.5. The van der Waals surface area contributed by atoms with Crippen molar-refractivity contribution in [1.82, 2.24) is 4.98 Å². The number of hydrogen-bond acceptors (Lipinski definition) is 5. The molecule has 2 fully saturated rings. The van der Waals surface area contributed by atoms with E-state index in [1.54, 1.807) is 12.3 Å². The van der Waals surface area contributed by atoms with Crippen molar-refractivity contribution in [1.29, 1.82) is 0 Å². The van der Waals surface area contributed by atoms with Crippen LogP contribution in [0.15, 0.2) is 36.5 Å². The lowest BCUT2D eigenvalue weighted by Crippen LogP contribution is -2.50. The van der Waals surface area contributed by atoms with E-state index in [1.165, 1.54) is 0 Å². The second kappa shape index (κ2) is 9.41. The summed E-state index contributed by atoms with van der Waals surface area (Å²) < 4.78 is 102. The van der Waals surface area contributed by atoms with Crippen molar-refractivity contribution in [3.05, 3.63) is 76.2 Å². The monoisotopic (exact) mass is 551 g/mol. The van der Waals surface area contributed by atoms with E-state index in [-0.39, 0.29) is 49.5 Å². The maximum Gasteiger partial charge on any atom is 0.417 e. The summed E-state index contributed by atoms with van der Waals surface area (Å²) in [6.07, 6.45) is -1.23. The first-order valence-corrected chi connectivity index (χ1v) is 12.4. The molecule has 1 saturated carbocycles. The highest BCUT2D eigenvalue weighted by Gasteiger charge is 2.45. The van der Waals surface area contributed by atoms with Crippen LogP contribution in [0.3, 0.4) is 0 Å². The summed E-state index contributed by atoms with van der Waals surface area (Å²) in [7, 11) is 0. The van der Waals surface area contributed by atoms with Gasteiger partial charge in [-0.15, -0.1) is 0 Å². The van der Waals surface area contributed by atoms with Gasteiger partial charge in [0.05, 0.1) is 30.9 Å². The lowest BCUT2D eigenvalue weighted by Gasteiger charge is -2.36. The van der Waals surface area contributed by atoms with Crippen molar-refractivity contribution < 1.29 is 45.7 Å². The number of halogens is 6. The summed E-state index contributed by atoms with van der Waals surface area (Å²) in [5.41, 5.74) is -2.54. The molecule has 206 valence electrons. The lowest BCUT2D eigenvalue weighted by molar-refractivity contribution is -0.184. The van der Waals surface area contributed by atoms with Crippen molar-refractivity contribution in [3.63, 3.8) is 0 Å². The Morgan fingerprint density at radius 1 is 1.00 bits per heavy atom. The number of aliphatic hydroxyl groups is 1. The predicted octanol–water partition coefficient (Wildman–Crippen LogP) is 5.95. The van der Waals surface area contributed by atoms with Crippen LogP contribution in [0.5, 0.6) is 11.6 Å². The number of pyridine rings is 1. The van der Waals surface area contributed by atoms with Gasteiger partial charge in [-0.1, -0.05) is 0 Å². The minimum Gasteiger partial charge on any atom is -0.493 e. The predicted molar refractivity (Wildman–Crippen MR) is 126 cm³/mol. The van der Waals surface area contributed by atoms with Gasteiger partial charge in [0.1, 0.15) is 35.4 Å². The van der Waals surface area contributed by atoms with E-state index in [9.17, 15) is 22.7 Å². The first kappa shape index (κ1) is 25.9. The third kappa shape index (κ3) is 5.05. The fraction of sp³-hybridized carbons (Fsp3) is 0.393. The summed E-state index contributed by atoms with van der Waals surface area (Å²) in [6, 6.07) is 4.19. The van der Waals surface area contributed by atoms with Gasteiger partial charge >= 0.3 is 6.18 Å². The van der Waals surface area contributed by atoms with Gasteiger partial charge in [-0.25, -0.2) is 18.2 Å². The molecule has 0 spiro atoms. The van der Waals surface area contributed by atoms with Gasteiger partial charge in [0, 0.05) is 41.9 Å². The molecule has 2 aromatic carbocycles. The number of nitrogens with zero attached hydrogens (tertiary/aromatic N) is 1. The van der Waals surface area contributed by atoms with Crippen LogP contribution in [0.2, 0.25) is 0 Å². The second-order valence-corrected chi connectivity index (χ2v) is 10.4. The third-order valence-corrected chi connectivity index (χ3v) is 7.53. The minimum absolute atomic E-state index is 0.0953. The smallest absolute Gasteiger partial charge is 0.417 e. The standard InChI is InChI=1S/C28H23F6NO4/c29-22-9-21(28(32,33)34)19(5-16(22)11-39-25-6-15-3-14-4-18(14)20(15)10-35-25)26-23(30)7-17(8-24(26)31)38-2-1-27(36)12-37-13-27/h5-10,14,18,36H,1-4,11-13H2/t14?,18-/m1/s1. The third-order valence-electron chi connectivity index (χ3n) is 7.53. The summed E-state index contributed by atoms with van der Waals surface area (Å²) in [5.74, 6) is -2.83. The Bertz CT molecular complexity index is 1420. The van der Waals surface area contributed by atoms with E-state index in [0.717, 1.165) is 42.2 Å². The number of hydrogen-bond donors (Lipinski definition) is 1. The Hall–Kier alpha value is -3.31. The number of benzene rings is 2. The topological polar surface area (TPSA) is 60.8 Å². The highest BCUT2D eigenvalue weighted by atomic mass is 19.4. The Morgan fingerprint density at radius 2 is 1.74 bits per heavy atom. The number of fused-ring (bicyclic) bond motifs is 3. The molecular weight excluding hydrogens is 528 g/mol. The molecule has 1 unspecified atom stereocenters. The normalized spacial score (nSPS) is 20.7. The van der Waals surface area contributed by atoms with Gasteiger partial charge in [0.15, 0.2) is 0 Å².